The maximum atomic E-state index is 13.1. The molecule has 0 unspecified atom stereocenters. The highest BCUT2D eigenvalue weighted by Crippen LogP contribution is 2.22. The van der Waals surface area contributed by atoms with Crippen LogP contribution in [0.5, 0.6) is 0 Å². The average Bonchev–Trinajstić information content (AvgIpc) is 2.79. The van der Waals surface area contributed by atoms with Crippen LogP contribution in [0.25, 0.3) is 0 Å². The first-order chi connectivity index (χ1) is 9.24. The Bertz CT molecular complexity index is 539. The molecule has 1 heterocycles. The molecular weight excluding hydrogens is 261 g/mol. The van der Waals surface area contributed by atoms with Gasteiger partial charge in [-0.2, -0.15) is 0 Å². The van der Waals surface area contributed by atoms with Crippen molar-refractivity contribution in [3.05, 3.63) is 41.5 Å². The van der Waals surface area contributed by atoms with Gasteiger partial charge < -0.3 is 4.57 Å². The van der Waals surface area contributed by atoms with Crippen molar-refractivity contribution in [2.45, 2.75) is 44.1 Å². The first kappa shape index (κ1) is 14.1. The van der Waals surface area contributed by atoms with Crippen molar-refractivity contribution in [3.8, 4) is 0 Å². The van der Waals surface area contributed by atoms with Gasteiger partial charge in [0.25, 0.3) is 0 Å². The van der Waals surface area contributed by atoms with Crippen LogP contribution in [-0.4, -0.2) is 14.8 Å². The molecule has 2 rings (SSSR count). The Morgan fingerprint density at radius 1 is 1.26 bits per heavy atom. The van der Waals surface area contributed by atoms with Gasteiger partial charge in [-0.1, -0.05) is 37.7 Å². The lowest BCUT2D eigenvalue weighted by atomic mass is 10.2. The van der Waals surface area contributed by atoms with Crippen LogP contribution >= 0.6 is 11.8 Å². The molecule has 0 aliphatic heterocycles. The molecule has 0 amide bonds. The van der Waals surface area contributed by atoms with E-state index in [1.807, 2.05) is 6.07 Å². The van der Waals surface area contributed by atoms with Gasteiger partial charge in [-0.3, -0.25) is 0 Å². The average molecular weight is 279 g/mol. The van der Waals surface area contributed by atoms with Crippen LogP contribution in [0.2, 0.25) is 0 Å². The minimum Gasteiger partial charge on any atom is -0.306 e. The molecule has 0 aliphatic carbocycles. The standard InChI is InChI=1S/C14H18FN3S/c1-3-8-18-13(4-2)16-17-14(18)19-10-11-6-5-7-12(15)9-11/h5-7,9H,3-4,8,10H2,1-2H3. The van der Waals surface area contributed by atoms with Crippen LogP contribution in [0.15, 0.2) is 29.4 Å². The van der Waals surface area contributed by atoms with Crippen molar-refractivity contribution >= 4 is 11.8 Å². The van der Waals surface area contributed by atoms with Crippen LogP contribution < -0.4 is 0 Å². The molecule has 1 aromatic carbocycles. The Morgan fingerprint density at radius 2 is 2.11 bits per heavy atom. The molecular formula is C14H18FN3S. The van der Waals surface area contributed by atoms with E-state index in [1.165, 1.54) is 6.07 Å². The third-order valence-electron chi connectivity index (χ3n) is 2.81. The Balaban J connectivity index is 2.08. The van der Waals surface area contributed by atoms with Crippen LogP contribution in [0.1, 0.15) is 31.7 Å². The molecule has 0 saturated carbocycles. The Kier molecular flexibility index (Phi) is 4.96. The molecule has 0 spiro atoms. The SMILES string of the molecule is CCCn1c(CC)nnc1SCc1cccc(F)c1. The zero-order valence-corrected chi connectivity index (χ0v) is 12.1. The number of thioether (sulfide) groups is 1. The first-order valence-corrected chi connectivity index (χ1v) is 7.52. The maximum absolute atomic E-state index is 13.1. The second-order valence-electron chi connectivity index (χ2n) is 4.32. The first-order valence-electron chi connectivity index (χ1n) is 6.54. The molecule has 3 nitrogen and oxygen atoms in total. The summed E-state index contributed by atoms with van der Waals surface area (Å²) >= 11 is 1.61. The van der Waals surface area contributed by atoms with E-state index < -0.39 is 0 Å². The summed E-state index contributed by atoms with van der Waals surface area (Å²) in [6, 6.07) is 6.69. The lowest BCUT2D eigenvalue weighted by molar-refractivity contribution is 0.595. The van der Waals surface area contributed by atoms with Crippen LogP contribution in [0.3, 0.4) is 0 Å². The minimum absolute atomic E-state index is 0.192. The van der Waals surface area contributed by atoms with E-state index in [-0.39, 0.29) is 5.82 Å². The van der Waals surface area contributed by atoms with E-state index in [9.17, 15) is 4.39 Å². The molecule has 0 fully saturated rings. The molecule has 19 heavy (non-hydrogen) atoms. The predicted octanol–water partition coefficient (Wildman–Crippen LogP) is 3.68. The highest BCUT2D eigenvalue weighted by Gasteiger charge is 2.10. The molecule has 0 bridgehead atoms. The van der Waals surface area contributed by atoms with E-state index in [1.54, 1.807) is 23.9 Å². The van der Waals surface area contributed by atoms with Crippen LogP contribution in [0, 0.1) is 5.82 Å². The summed E-state index contributed by atoms with van der Waals surface area (Å²) in [6.07, 6.45) is 1.94. The monoisotopic (exact) mass is 279 g/mol. The van der Waals surface area contributed by atoms with Crippen molar-refractivity contribution in [1.82, 2.24) is 14.8 Å². The molecule has 0 aliphatic rings. The quantitative estimate of drug-likeness (QED) is 0.756. The molecule has 102 valence electrons. The molecule has 1 aromatic heterocycles. The largest absolute Gasteiger partial charge is 0.306 e. The van der Waals surface area contributed by atoms with E-state index in [0.29, 0.717) is 5.75 Å². The van der Waals surface area contributed by atoms with E-state index in [2.05, 4.69) is 28.6 Å². The van der Waals surface area contributed by atoms with E-state index in [0.717, 1.165) is 35.9 Å². The lowest BCUT2D eigenvalue weighted by Crippen LogP contribution is -2.04. The second-order valence-corrected chi connectivity index (χ2v) is 5.27. The van der Waals surface area contributed by atoms with Crippen molar-refractivity contribution < 1.29 is 4.39 Å². The zero-order chi connectivity index (χ0) is 13.7. The lowest BCUT2D eigenvalue weighted by Gasteiger charge is -2.07. The van der Waals surface area contributed by atoms with E-state index >= 15 is 0 Å². The Hall–Kier alpha value is -1.36. The van der Waals surface area contributed by atoms with Gasteiger partial charge in [0.15, 0.2) is 5.16 Å². The highest BCUT2D eigenvalue weighted by atomic mass is 32.2. The van der Waals surface area contributed by atoms with Crippen molar-refractivity contribution in [2.24, 2.45) is 0 Å². The predicted molar refractivity (Wildman–Crippen MR) is 75.7 cm³/mol. The maximum Gasteiger partial charge on any atom is 0.191 e. The molecule has 0 saturated heterocycles. The fourth-order valence-electron chi connectivity index (χ4n) is 1.91. The minimum atomic E-state index is -0.192. The second kappa shape index (κ2) is 6.70. The summed E-state index contributed by atoms with van der Waals surface area (Å²) in [5.41, 5.74) is 0.967. The van der Waals surface area contributed by atoms with Gasteiger partial charge in [0.05, 0.1) is 0 Å². The van der Waals surface area contributed by atoms with Gasteiger partial charge in [0.2, 0.25) is 0 Å². The van der Waals surface area contributed by atoms with Gasteiger partial charge in [0, 0.05) is 18.7 Å². The summed E-state index contributed by atoms with van der Waals surface area (Å²) in [4.78, 5) is 0. The fourth-order valence-corrected chi connectivity index (χ4v) is 2.84. The number of aromatic nitrogens is 3. The third-order valence-corrected chi connectivity index (χ3v) is 3.85. The van der Waals surface area contributed by atoms with Gasteiger partial charge in [-0.25, -0.2) is 4.39 Å². The molecule has 0 atom stereocenters. The number of hydrogen-bond donors (Lipinski definition) is 0. The summed E-state index contributed by atoms with van der Waals surface area (Å²) in [5, 5.41) is 9.35. The molecule has 2 aromatic rings. The summed E-state index contributed by atoms with van der Waals surface area (Å²) < 4.78 is 15.3. The number of rotatable bonds is 6. The van der Waals surface area contributed by atoms with Crippen molar-refractivity contribution in [3.63, 3.8) is 0 Å². The third kappa shape index (κ3) is 3.56. The summed E-state index contributed by atoms with van der Waals surface area (Å²) in [5.74, 6) is 1.54. The number of nitrogens with zero attached hydrogens (tertiary/aromatic N) is 3. The van der Waals surface area contributed by atoms with Crippen LogP contribution in [-0.2, 0) is 18.7 Å². The highest BCUT2D eigenvalue weighted by molar-refractivity contribution is 7.98. The van der Waals surface area contributed by atoms with Gasteiger partial charge in [-0.15, -0.1) is 10.2 Å². The summed E-state index contributed by atoms with van der Waals surface area (Å²) in [6.45, 7) is 5.15. The number of aryl methyl sites for hydroxylation is 1. The smallest absolute Gasteiger partial charge is 0.191 e. The van der Waals surface area contributed by atoms with Gasteiger partial charge in [-0.05, 0) is 24.1 Å². The van der Waals surface area contributed by atoms with Gasteiger partial charge in [0.1, 0.15) is 11.6 Å². The van der Waals surface area contributed by atoms with Crippen molar-refractivity contribution in [2.75, 3.05) is 0 Å². The normalized spacial score (nSPS) is 10.9. The van der Waals surface area contributed by atoms with E-state index in [4.69, 9.17) is 0 Å². The molecule has 0 radical (unpaired) electrons. The Morgan fingerprint density at radius 3 is 2.79 bits per heavy atom. The topological polar surface area (TPSA) is 30.7 Å². The fraction of sp³-hybridized carbons (Fsp3) is 0.429. The number of halogens is 1. The Labute approximate surface area is 117 Å². The molecule has 5 heteroatoms. The number of hydrogen-bond acceptors (Lipinski definition) is 3. The zero-order valence-electron chi connectivity index (χ0n) is 11.3. The number of benzene rings is 1. The van der Waals surface area contributed by atoms with Gasteiger partial charge >= 0.3 is 0 Å². The van der Waals surface area contributed by atoms with Crippen molar-refractivity contribution in [1.29, 1.82) is 0 Å². The summed E-state index contributed by atoms with van der Waals surface area (Å²) in [7, 11) is 0. The van der Waals surface area contributed by atoms with Crippen LogP contribution in [0.4, 0.5) is 4.39 Å². The molecule has 0 N–H and O–H groups in total.